The zero-order valence-corrected chi connectivity index (χ0v) is 12.6. The van der Waals surface area contributed by atoms with Gasteiger partial charge in [-0.1, -0.05) is 41.4 Å². The summed E-state index contributed by atoms with van der Waals surface area (Å²) in [6.07, 6.45) is 0. The van der Waals surface area contributed by atoms with Crippen molar-refractivity contribution in [3.63, 3.8) is 0 Å². The lowest BCUT2D eigenvalue weighted by molar-refractivity contribution is 0.876. The molecule has 0 aliphatic rings. The average molecular weight is 296 g/mol. The summed E-state index contributed by atoms with van der Waals surface area (Å²) in [6.45, 7) is 4.45. The number of halogens is 2. The van der Waals surface area contributed by atoms with E-state index in [0.29, 0.717) is 17.5 Å². The van der Waals surface area contributed by atoms with Crippen LogP contribution in [0.4, 0.5) is 5.82 Å². The summed E-state index contributed by atoms with van der Waals surface area (Å²) in [6, 6.07) is 7.73. The van der Waals surface area contributed by atoms with Gasteiger partial charge in [0.25, 0.3) is 0 Å². The van der Waals surface area contributed by atoms with Gasteiger partial charge in [0.1, 0.15) is 0 Å². The van der Waals surface area contributed by atoms with Gasteiger partial charge in [-0.25, -0.2) is 9.97 Å². The van der Waals surface area contributed by atoms with Gasteiger partial charge in [0.15, 0.2) is 11.0 Å². The molecule has 3 nitrogen and oxygen atoms in total. The van der Waals surface area contributed by atoms with Crippen molar-refractivity contribution in [3.8, 4) is 0 Å². The van der Waals surface area contributed by atoms with Crippen molar-refractivity contribution in [2.45, 2.75) is 20.4 Å². The summed E-state index contributed by atoms with van der Waals surface area (Å²) in [5.74, 6) is 0.671. The number of hydrogen-bond donors (Lipinski definition) is 0. The van der Waals surface area contributed by atoms with Crippen LogP contribution in [0.25, 0.3) is 0 Å². The highest BCUT2D eigenvalue weighted by atomic mass is 35.5. The Hall–Kier alpha value is -1.32. The number of nitrogens with zero attached hydrogens (tertiary/aromatic N) is 3. The van der Waals surface area contributed by atoms with E-state index in [1.54, 1.807) is 0 Å². The van der Waals surface area contributed by atoms with E-state index < -0.39 is 0 Å². The van der Waals surface area contributed by atoms with Crippen LogP contribution in [-0.4, -0.2) is 17.0 Å². The van der Waals surface area contributed by atoms with E-state index in [4.69, 9.17) is 23.2 Å². The first kappa shape index (κ1) is 14.1. The van der Waals surface area contributed by atoms with Gasteiger partial charge >= 0.3 is 0 Å². The predicted octanol–water partition coefficient (Wildman–Crippen LogP) is 4.04. The van der Waals surface area contributed by atoms with E-state index in [2.05, 4.69) is 9.97 Å². The Bertz CT molecular complexity index is 599. The molecule has 0 unspecified atom stereocenters. The number of aryl methyl sites for hydroxylation is 2. The molecule has 100 valence electrons. The Labute approximate surface area is 123 Å². The normalized spacial score (nSPS) is 10.6. The first-order chi connectivity index (χ1) is 8.99. The van der Waals surface area contributed by atoms with Gasteiger partial charge in [0.2, 0.25) is 0 Å². The molecule has 0 bridgehead atoms. The van der Waals surface area contributed by atoms with Crippen LogP contribution in [0.15, 0.2) is 24.3 Å². The number of hydrogen-bond acceptors (Lipinski definition) is 3. The van der Waals surface area contributed by atoms with Gasteiger partial charge < -0.3 is 4.90 Å². The molecule has 0 amide bonds. The maximum Gasteiger partial charge on any atom is 0.171 e. The molecular formula is C14H15Cl2N3. The molecule has 0 fully saturated rings. The highest BCUT2D eigenvalue weighted by Gasteiger charge is 2.13. The van der Waals surface area contributed by atoms with Gasteiger partial charge in [-0.05, 0) is 25.5 Å². The number of benzene rings is 1. The number of anilines is 1. The third-order valence-electron chi connectivity index (χ3n) is 2.97. The van der Waals surface area contributed by atoms with Crippen molar-refractivity contribution in [2.24, 2.45) is 0 Å². The van der Waals surface area contributed by atoms with Crippen molar-refractivity contribution in [1.29, 1.82) is 0 Å². The topological polar surface area (TPSA) is 29.0 Å². The lowest BCUT2D eigenvalue weighted by Crippen LogP contribution is -2.19. The van der Waals surface area contributed by atoms with E-state index in [9.17, 15) is 0 Å². The average Bonchev–Trinajstić information content (AvgIpc) is 2.36. The molecule has 0 aliphatic heterocycles. The molecule has 1 heterocycles. The maximum absolute atomic E-state index is 6.16. The lowest BCUT2D eigenvalue weighted by Gasteiger charge is -2.20. The SMILES string of the molecule is Cc1nc(Cl)c(N(C)Cc2ccccc2Cl)nc1C. The molecule has 2 aromatic rings. The van der Waals surface area contributed by atoms with Crippen molar-refractivity contribution in [1.82, 2.24) is 9.97 Å². The second-order valence-electron chi connectivity index (χ2n) is 4.46. The van der Waals surface area contributed by atoms with Gasteiger partial charge in [0, 0.05) is 18.6 Å². The monoisotopic (exact) mass is 295 g/mol. The second kappa shape index (κ2) is 5.76. The fourth-order valence-corrected chi connectivity index (χ4v) is 2.27. The summed E-state index contributed by atoms with van der Waals surface area (Å²) >= 11 is 12.3. The molecule has 0 spiro atoms. The molecule has 0 saturated carbocycles. The van der Waals surface area contributed by atoms with E-state index in [-0.39, 0.29) is 0 Å². The summed E-state index contributed by atoms with van der Waals surface area (Å²) in [4.78, 5) is 10.7. The van der Waals surface area contributed by atoms with Crippen LogP contribution >= 0.6 is 23.2 Å². The molecule has 1 aromatic heterocycles. The smallest absolute Gasteiger partial charge is 0.171 e. The summed E-state index contributed by atoms with van der Waals surface area (Å²) in [5.41, 5.74) is 2.76. The summed E-state index contributed by atoms with van der Waals surface area (Å²) < 4.78 is 0. The van der Waals surface area contributed by atoms with Crippen molar-refractivity contribution >= 4 is 29.0 Å². The zero-order chi connectivity index (χ0) is 14.0. The highest BCUT2D eigenvalue weighted by molar-refractivity contribution is 6.32. The minimum absolute atomic E-state index is 0.414. The Kier molecular flexibility index (Phi) is 4.27. The summed E-state index contributed by atoms with van der Waals surface area (Å²) in [5, 5.41) is 1.15. The third kappa shape index (κ3) is 3.17. The standard InChI is InChI=1S/C14H15Cl2N3/c1-9-10(2)18-14(13(16)17-9)19(3)8-11-6-4-5-7-12(11)15/h4-7H,8H2,1-3H3. The van der Waals surface area contributed by atoms with Crippen LogP contribution in [0.5, 0.6) is 0 Å². The fraction of sp³-hybridized carbons (Fsp3) is 0.286. The van der Waals surface area contributed by atoms with E-state index in [1.165, 1.54) is 0 Å². The molecule has 0 atom stereocenters. The molecule has 5 heteroatoms. The van der Waals surface area contributed by atoms with Gasteiger partial charge in [-0.2, -0.15) is 0 Å². The summed E-state index contributed by atoms with van der Waals surface area (Å²) in [7, 11) is 1.92. The third-order valence-corrected chi connectivity index (χ3v) is 3.60. The number of rotatable bonds is 3. The fourth-order valence-electron chi connectivity index (χ4n) is 1.76. The molecule has 2 rings (SSSR count). The highest BCUT2D eigenvalue weighted by Crippen LogP contribution is 2.25. The molecular weight excluding hydrogens is 281 g/mol. The van der Waals surface area contributed by atoms with E-state index in [1.807, 2.05) is 50.1 Å². The van der Waals surface area contributed by atoms with Gasteiger partial charge in [0.05, 0.1) is 11.4 Å². The molecule has 0 saturated heterocycles. The minimum atomic E-state index is 0.414. The largest absolute Gasteiger partial charge is 0.353 e. The number of aromatic nitrogens is 2. The molecule has 0 radical (unpaired) electrons. The Balaban J connectivity index is 2.28. The first-order valence-corrected chi connectivity index (χ1v) is 6.70. The molecule has 1 aromatic carbocycles. The van der Waals surface area contributed by atoms with Crippen molar-refractivity contribution in [3.05, 3.63) is 51.4 Å². The van der Waals surface area contributed by atoms with Crippen molar-refractivity contribution < 1.29 is 0 Å². The van der Waals surface area contributed by atoms with Crippen LogP contribution in [0.3, 0.4) is 0 Å². The molecule has 19 heavy (non-hydrogen) atoms. The quantitative estimate of drug-likeness (QED) is 0.856. The van der Waals surface area contributed by atoms with Gasteiger partial charge in [-0.3, -0.25) is 0 Å². The van der Waals surface area contributed by atoms with E-state index in [0.717, 1.165) is 22.0 Å². The first-order valence-electron chi connectivity index (χ1n) is 5.94. The molecule has 0 N–H and O–H groups in total. The van der Waals surface area contributed by atoms with Crippen molar-refractivity contribution in [2.75, 3.05) is 11.9 Å². The Morgan fingerprint density at radius 1 is 1.05 bits per heavy atom. The van der Waals surface area contributed by atoms with Gasteiger partial charge in [-0.15, -0.1) is 0 Å². The Morgan fingerprint density at radius 3 is 2.37 bits per heavy atom. The lowest BCUT2D eigenvalue weighted by atomic mass is 10.2. The van der Waals surface area contributed by atoms with E-state index >= 15 is 0 Å². The van der Waals surface area contributed by atoms with Crippen LogP contribution in [0, 0.1) is 13.8 Å². The van der Waals surface area contributed by atoms with Crippen LogP contribution in [0.2, 0.25) is 10.2 Å². The minimum Gasteiger partial charge on any atom is -0.353 e. The van der Waals surface area contributed by atoms with Crippen LogP contribution in [-0.2, 0) is 6.54 Å². The van der Waals surface area contributed by atoms with Crippen LogP contribution in [0.1, 0.15) is 17.0 Å². The second-order valence-corrected chi connectivity index (χ2v) is 5.22. The zero-order valence-electron chi connectivity index (χ0n) is 11.1. The van der Waals surface area contributed by atoms with Crippen LogP contribution < -0.4 is 4.90 Å². The molecule has 0 aliphatic carbocycles. The maximum atomic E-state index is 6.16. The Morgan fingerprint density at radius 2 is 1.68 bits per heavy atom. The predicted molar refractivity (Wildman–Crippen MR) is 80.1 cm³/mol.